The second-order valence-corrected chi connectivity index (χ2v) is 6.30. The topological polar surface area (TPSA) is 85.3 Å². The zero-order chi connectivity index (χ0) is 18.4. The predicted octanol–water partition coefficient (Wildman–Crippen LogP) is 1.59. The third kappa shape index (κ3) is 4.42. The molecule has 0 spiro atoms. The fraction of sp³-hybridized carbons (Fsp3) is 0.556. The third-order valence-electron chi connectivity index (χ3n) is 4.62. The summed E-state index contributed by atoms with van der Waals surface area (Å²) in [6.07, 6.45) is 1.25. The number of ether oxygens (including phenoxy) is 3. The molecule has 1 aromatic carbocycles. The van der Waals surface area contributed by atoms with Gasteiger partial charge in [0.1, 0.15) is 16.9 Å². The summed E-state index contributed by atoms with van der Waals surface area (Å²) in [6.45, 7) is 0.742. The maximum Gasteiger partial charge on any atom is 0.313 e. The molecule has 138 valence electrons. The van der Waals surface area contributed by atoms with Gasteiger partial charge in [0, 0.05) is 32.7 Å². The fourth-order valence-electron chi connectivity index (χ4n) is 3.14. The van der Waals surface area contributed by atoms with Crippen molar-refractivity contribution in [1.29, 1.82) is 0 Å². The van der Waals surface area contributed by atoms with Crippen LogP contribution in [-0.2, 0) is 20.7 Å². The number of likely N-dealkylation sites (tertiary alicyclic amines) is 1. The van der Waals surface area contributed by atoms with Gasteiger partial charge in [-0.2, -0.15) is 0 Å². The molecule has 1 heterocycles. The number of carboxylic acid groups (broad SMARTS) is 1. The lowest BCUT2D eigenvalue weighted by Crippen LogP contribution is -2.40. The summed E-state index contributed by atoms with van der Waals surface area (Å²) in [4.78, 5) is 25.6. The first-order valence-corrected chi connectivity index (χ1v) is 8.16. The summed E-state index contributed by atoms with van der Waals surface area (Å²) >= 11 is 0. The lowest BCUT2D eigenvalue weighted by atomic mass is 9.88. The minimum Gasteiger partial charge on any atom is -0.497 e. The molecule has 1 fully saturated rings. The second kappa shape index (κ2) is 8.20. The van der Waals surface area contributed by atoms with Crippen LogP contribution < -0.4 is 9.47 Å². The van der Waals surface area contributed by atoms with E-state index >= 15 is 0 Å². The molecular formula is C18H25NO6. The average molecular weight is 351 g/mol. The molecule has 1 N–H and O–H groups in total. The molecule has 0 aliphatic carbocycles. The van der Waals surface area contributed by atoms with E-state index in [9.17, 15) is 14.7 Å². The second-order valence-electron chi connectivity index (χ2n) is 6.30. The number of methoxy groups -OCH3 is 3. The van der Waals surface area contributed by atoms with E-state index in [0.717, 1.165) is 5.56 Å². The number of carbonyl (C=O) groups excluding carboxylic acids is 1. The first-order chi connectivity index (χ1) is 11.9. The van der Waals surface area contributed by atoms with Crippen LogP contribution in [0.25, 0.3) is 0 Å². The number of rotatable bonds is 8. The highest BCUT2D eigenvalue weighted by atomic mass is 16.5. The SMILES string of the molecule is COCC1(C(=O)O)CCN(C(=O)CCc2cc(OC)cc(OC)c2)C1. The van der Waals surface area contributed by atoms with Gasteiger partial charge in [-0.3, -0.25) is 9.59 Å². The zero-order valence-corrected chi connectivity index (χ0v) is 14.9. The van der Waals surface area contributed by atoms with Crippen molar-refractivity contribution in [2.45, 2.75) is 19.3 Å². The van der Waals surface area contributed by atoms with Crippen molar-refractivity contribution in [3.05, 3.63) is 23.8 Å². The van der Waals surface area contributed by atoms with Crippen molar-refractivity contribution in [1.82, 2.24) is 4.90 Å². The molecule has 0 bridgehead atoms. The summed E-state index contributed by atoms with van der Waals surface area (Å²) in [7, 11) is 4.63. The molecule has 0 aromatic heterocycles. The Kier molecular flexibility index (Phi) is 6.25. The molecule has 0 saturated carbocycles. The smallest absolute Gasteiger partial charge is 0.313 e. The van der Waals surface area contributed by atoms with Gasteiger partial charge < -0.3 is 24.2 Å². The first kappa shape index (κ1) is 19.1. The van der Waals surface area contributed by atoms with Crippen LogP contribution in [0.1, 0.15) is 18.4 Å². The Bertz CT molecular complexity index is 610. The first-order valence-electron chi connectivity index (χ1n) is 8.16. The van der Waals surface area contributed by atoms with Crippen molar-refractivity contribution >= 4 is 11.9 Å². The highest BCUT2D eigenvalue weighted by Gasteiger charge is 2.46. The van der Waals surface area contributed by atoms with Gasteiger partial charge in [0.15, 0.2) is 0 Å². The van der Waals surface area contributed by atoms with Crippen LogP contribution in [0, 0.1) is 5.41 Å². The van der Waals surface area contributed by atoms with Gasteiger partial charge in [-0.25, -0.2) is 0 Å². The molecule has 2 rings (SSSR count). The largest absolute Gasteiger partial charge is 0.497 e. The number of aliphatic carboxylic acids is 1. The third-order valence-corrected chi connectivity index (χ3v) is 4.62. The number of carbonyl (C=O) groups is 2. The number of nitrogens with zero attached hydrogens (tertiary/aromatic N) is 1. The number of carboxylic acids is 1. The number of hydrogen-bond donors (Lipinski definition) is 1. The van der Waals surface area contributed by atoms with Gasteiger partial charge in [-0.05, 0) is 30.5 Å². The Hall–Kier alpha value is -2.28. The van der Waals surface area contributed by atoms with Gasteiger partial charge >= 0.3 is 5.97 Å². The molecule has 1 aliphatic heterocycles. The molecule has 7 nitrogen and oxygen atoms in total. The lowest BCUT2D eigenvalue weighted by Gasteiger charge is -2.23. The summed E-state index contributed by atoms with van der Waals surface area (Å²) < 4.78 is 15.5. The van der Waals surface area contributed by atoms with E-state index in [-0.39, 0.29) is 19.1 Å². The van der Waals surface area contributed by atoms with E-state index in [1.165, 1.54) is 7.11 Å². The summed E-state index contributed by atoms with van der Waals surface area (Å²) in [5.41, 5.74) is -0.0611. The maximum atomic E-state index is 12.5. The fourth-order valence-corrected chi connectivity index (χ4v) is 3.14. The van der Waals surface area contributed by atoms with Crippen molar-refractivity contribution in [3.63, 3.8) is 0 Å². The minimum atomic E-state index is -0.996. The van der Waals surface area contributed by atoms with Gasteiger partial charge in [0.2, 0.25) is 5.91 Å². The Balaban J connectivity index is 1.98. The molecule has 25 heavy (non-hydrogen) atoms. The van der Waals surface area contributed by atoms with Crippen LogP contribution in [0.15, 0.2) is 18.2 Å². The zero-order valence-electron chi connectivity index (χ0n) is 14.9. The van der Waals surface area contributed by atoms with E-state index in [0.29, 0.717) is 37.3 Å². The van der Waals surface area contributed by atoms with Crippen molar-refractivity contribution < 1.29 is 28.9 Å². The van der Waals surface area contributed by atoms with E-state index in [2.05, 4.69) is 0 Å². The normalized spacial score (nSPS) is 19.7. The van der Waals surface area contributed by atoms with Gasteiger partial charge in [-0.15, -0.1) is 0 Å². The minimum absolute atomic E-state index is 0.0546. The van der Waals surface area contributed by atoms with E-state index in [4.69, 9.17) is 14.2 Å². The molecule has 7 heteroatoms. The van der Waals surface area contributed by atoms with Gasteiger partial charge in [-0.1, -0.05) is 0 Å². The van der Waals surface area contributed by atoms with E-state index in [1.807, 2.05) is 12.1 Å². The number of aryl methyl sites for hydroxylation is 1. The average Bonchev–Trinajstić information content (AvgIpc) is 3.05. The van der Waals surface area contributed by atoms with Gasteiger partial charge in [0.05, 0.1) is 20.8 Å². The number of hydrogen-bond acceptors (Lipinski definition) is 5. The highest BCUT2D eigenvalue weighted by molar-refractivity contribution is 5.81. The van der Waals surface area contributed by atoms with Crippen molar-refractivity contribution in [3.8, 4) is 11.5 Å². The summed E-state index contributed by atoms with van der Waals surface area (Å²) in [6, 6.07) is 5.51. The number of benzene rings is 1. The lowest BCUT2D eigenvalue weighted by molar-refractivity contribution is -0.151. The molecule has 0 radical (unpaired) electrons. The quantitative estimate of drug-likeness (QED) is 0.765. The monoisotopic (exact) mass is 351 g/mol. The maximum absolute atomic E-state index is 12.5. The van der Waals surface area contributed by atoms with Gasteiger partial charge in [0.25, 0.3) is 0 Å². The summed E-state index contributed by atoms with van der Waals surface area (Å²) in [5, 5.41) is 9.47. The number of amides is 1. The van der Waals surface area contributed by atoms with Crippen LogP contribution >= 0.6 is 0 Å². The standard InChI is InChI=1S/C18H25NO6/c1-23-12-18(17(21)22)6-7-19(11-18)16(20)5-4-13-8-14(24-2)10-15(9-13)25-3/h8-10H,4-7,11-12H2,1-3H3,(H,21,22). The van der Waals surface area contributed by atoms with Crippen molar-refractivity contribution in [2.24, 2.45) is 5.41 Å². The van der Waals surface area contributed by atoms with Crippen LogP contribution in [0.3, 0.4) is 0 Å². The predicted molar refractivity (Wildman–Crippen MR) is 91.0 cm³/mol. The van der Waals surface area contributed by atoms with Crippen molar-refractivity contribution in [2.75, 3.05) is 41.0 Å². The van der Waals surface area contributed by atoms with Crippen LogP contribution in [0.5, 0.6) is 11.5 Å². The summed E-state index contributed by atoms with van der Waals surface area (Å²) in [5.74, 6) is 0.379. The van der Waals surface area contributed by atoms with E-state index in [1.54, 1.807) is 25.2 Å². The molecule has 1 amide bonds. The van der Waals surface area contributed by atoms with Crippen LogP contribution in [0.4, 0.5) is 0 Å². The van der Waals surface area contributed by atoms with Crippen LogP contribution in [-0.4, -0.2) is 62.9 Å². The highest BCUT2D eigenvalue weighted by Crippen LogP contribution is 2.32. The molecule has 1 aliphatic rings. The van der Waals surface area contributed by atoms with Crippen LogP contribution in [0.2, 0.25) is 0 Å². The Morgan fingerprint density at radius 1 is 1.16 bits per heavy atom. The molecule has 1 unspecified atom stereocenters. The Morgan fingerprint density at radius 2 is 1.80 bits per heavy atom. The molecule has 1 aromatic rings. The molecular weight excluding hydrogens is 326 g/mol. The Morgan fingerprint density at radius 3 is 2.32 bits per heavy atom. The molecule has 1 atom stereocenters. The van der Waals surface area contributed by atoms with E-state index < -0.39 is 11.4 Å². The Labute approximate surface area is 147 Å². The molecule has 1 saturated heterocycles.